The summed E-state index contributed by atoms with van der Waals surface area (Å²) in [6.07, 6.45) is 6.98. The van der Waals surface area contributed by atoms with Crippen molar-refractivity contribution in [3.05, 3.63) is 65.7 Å². The standard InChI is InChI=1S/C34H48N8O6/c1-23(2)17-28-33(45)38-31(24(3)43)34(46)36-13-5-6-14-41(20-25-9-7-12-35-19-25)15-8-16-42-21-27(39-40-42)22-48-30-18-26(32(44)37-28)10-11-29(30)47-4/h7,9-12,18-19,21,23-24,28,31,43H,5-6,8,13-17,20,22H2,1-4H3,(H,36,46)(H,37,44)(H,38,45)/t24-,28-,31+/m1/s1. The molecular formula is C34H48N8O6. The van der Waals surface area contributed by atoms with Crippen molar-refractivity contribution in [1.82, 2.24) is 40.8 Å². The van der Waals surface area contributed by atoms with Crippen LogP contribution in [0.15, 0.2) is 48.9 Å². The molecule has 0 saturated heterocycles. The molecule has 3 amide bonds. The molecule has 1 aliphatic rings. The van der Waals surface area contributed by atoms with E-state index in [0.717, 1.165) is 38.0 Å². The number of nitrogens with one attached hydrogen (secondary N) is 3. The van der Waals surface area contributed by atoms with Crippen LogP contribution in [-0.4, -0.2) is 92.6 Å². The molecule has 14 heteroatoms. The number of aliphatic hydroxyl groups excluding tert-OH is 1. The number of aromatic nitrogens is 4. The first-order valence-corrected chi connectivity index (χ1v) is 16.5. The van der Waals surface area contributed by atoms with Gasteiger partial charge < -0.3 is 30.5 Å². The lowest BCUT2D eigenvalue weighted by Crippen LogP contribution is -2.57. The van der Waals surface area contributed by atoms with E-state index in [1.54, 1.807) is 29.1 Å². The van der Waals surface area contributed by atoms with E-state index in [2.05, 4.69) is 42.2 Å². The fourth-order valence-electron chi connectivity index (χ4n) is 5.46. The van der Waals surface area contributed by atoms with Gasteiger partial charge in [0.05, 0.1) is 19.4 Å². The molecule has 0 aliphatic carbocycles. The van der Waals surface area contributed by atoms with Gasteiger partial charge >= 0.3 is 0 Å². The van der Waals surface area contributed by atoms with Gasteiger partial charge in [0.2, 0.25) is 11.8 Å². The number of fused-ring (bicyclic) bond motifs is 4. The van der Waals surface area contributed by atoms with E-state index >= 15 is 0 Å². The normalized spacial score (nSPS) is 20.1. The number of ether oxygens (including phenoxy) is 2. The SMILES string of the molecule is COc1ccc2cc1OCc1cn(nn1)CCCN(Cc1cccnc1)CCCCNC(=O)[C@H]([C@@H](C)O)NC(=O)[C@@H](CC(C)C)NC2=O. The van der Waals surface area contributed by atoms with Crippen molar-refractivity contribution in [3.63, 3.8) is 0 Å². The van der Waals surface area contributed by atoms with Crippen LogP contribution in [-0.2, 0) is 29.3 Å². The average molecular weight is 665 g/mol. The number of benzene rings is 1. The van der Waals surface area contributed by atoms with Gasteiger partial charge in [-0.1, -0.05) is 25.1 Å². The summed E-state index contributed by atoms with van der Waals surface area (Å²) in [6, 6.07) is 6.58. The zero-order valence-electron chi connectivity index (χ0n) is 28.2. The molecule has 1 aromatic carbocycles. The molecule has 3 atom stereocenters. The summed E-state index contributed by atoms with van der Waals surface area (Å²) in [7, 11) is 1.51. The summed E-state index contributed by atoms with van der Waals surface area (Å²) in [5.41, 5.74) is 1.99. The van der Waals surface area contributed by atoms with Crippen LogP contribution in [0, 0.1) is 5.92 Å². The molecule has 14 nitrogen and oxygen atoms in total. The lowest BCUT2D eigenvalue weighted by atomic mass is 10.0. The van der Waals surface area contributed by atoms with Gasteiger partial charge in [-0.25, -0.2) is 0 Å². The molecule has 0 radical (unpaired) electrons. The molecule has 48 heavy (non-hydrogen) atoms. The smallest absolute Gasteiger partial charge is 0.252 e. The Labute approximate surface area is 281 Å². The number of hydrogen-bond donors (Lipinski definition) is 4. The Hall–Kier alpha value is -4.56. The first kappa shape index (κ1) is 36.3. The maximum atomic E-state index is 13.4. The highest BCUT2D eigenvalue weighted by Gasteiger charge is 2.30. The van der Waals surface area contributed by atoms with E-state index in [1.807, 2.05) is 32.3 Å². The van der Waals surface area contributed by atoms with Crippen molar-refractivity contribution in [2.75, 3.05) is 26.7 Å². The summed E-state index contributed by atoms with van der Waals surface area (Å²) < 4.78 is 13.3. The quantitative estimate of drug-likeness (QED) is 0.306. The predicted molar refractivity (Wildman–Crippen MR) is 178 cm³/mol. The van der Waals surface area contributed by atoms with E-state index in [-0.39, 0.29) is 18.1 Å². The van der Waals surface area contributed by atoms with Gasteiger partial charge in [0.15, 0.2) is 11.5 Å². The molecule has 0 fully saturated rings. The molecule has 260 valence electrons. The molecule has 4 bridgehead atoms. The Bertz CT molecular complexity index is 1480. The number of hydrogen-bond acceptors (Lipinski definition) is 10. The largest absolute Gasteiger partial charge is 0.493 e. The fraction of sp³-hybridized carbons (Fsp3) is 0.529. The maximum absolute atomic E-state index is 13.4. The molecule has 2 aromatic heterocycles. The second kappa shape index (κ2) is 18.1. The molecule has 1 aliphatic heterocycles. The number of pyridine rings is 1. The number of aryl methyl sites for hydroxylation is 1. The second-order valence-electron chi connectivity index (χ2n) is 12.5. The molecule has 0 saturated carbocycles. The summed E-state index contributed by atoms with van der Waals surface area (Å²) in [5.74, 6) is -0.746. The lowest BCUT2D eigenvalue weighted by molar-refractivity contribution is -0.132. The van der Waals surface area contributed by atoms with Gasteiger partial charge in [0.1, 0.15) is 24.4 Å². The van der Waals surface area contributed by atoms with Crippen molar-refractivity contribution in [2.45, 2.75) is 84.3 Å². The van der Waals surface area contributed by atoms with Gasteiger partial charge in [0.25, 0.3) is 5.91 Å². The number of rotatable bonds is 6. The Kier molecular flexibility index (Phi) is 13.7. The second-order valence-corrected chi connectivity index (χ2v) is 12.5. The summed E-state index contributed by atoms with van der Waals surface area (Å²) in [5, 5.41) is 27.3. The molecule has 4 rings (SSSR count). The number of methoxy groups -OCH3 is 1. The van der Waals surface area contributed by atoms with Crippen molar-refractivity contribution >= 4 is 17.7 Å². The van der Waals surface area contributed by atoms with Crippen molar-refractivity contribution in [2.24, 2.45) is 5.92 Å². The van der Waals surface area contributed by atoms with Gasteiger partial charge in [-0.3, -0.25) is 28.9 Å². The minimum absolute atomic E-state index is 0.0487. The van der Waals surface area contributed by atoms with Crippen LogP contribution in [0.3, 0.4) is 0 Å². The van der Waals surface area contributed by atoms with E-state index in [1.165, 1.54) is 14.0 Å². The van der Waals surface area contributed by atoms with Crippen LogP contribution < -0.4 is 25.4 Å². The van der Waals surface area contributed by atoms with Gasteiger partial charge in [-0.15, -0.1) is 5.10 Å². The van der Waals surface area contributed by atoms with Crippen LogP contribution in [0.2, 0.25) is 0 Å². The molecule has 0 spiro atoms. The van der Waals surface area contributed by atoms with Crippen LogP contribution in [0.25, 0.3) is 0 Å². The van der Waals surface area contributed by atoms with E-state index in [9.17, 15) is 19.5 Å². The van der Waals surface area contributed by atoms with E-state index in [4.69, 9.17) is 9.47 Å². The highest BCUT2D eigenvalue weighted by atomic mass is 16.5. The van der Waals surface area contributed by atoms with Crippen LogP contribution in [0.4, 0.5) is 0 Å². The zero-order valence-corrected chi connectivity index (χ0v) is 28.2. The Morgan fingerprint density at radius 3 is 2.58 bits per heavy atom. The Morgan fingerprint density at radius 2 is 1.85 bits per heavy atom. The number of carbonyl (C=O) groups excluding carboxylic acids is 3. The fourth-order valence-corrected chi connectivity index (χ4v) is 5.46. The molecule has 3 aromatic rings. The molecule has 3 heterocycles. The van der Waals surface area contributed by atoms with Gasteiger partial charge in [-0.2, -0.15) is 0 Å². The average Bonchev–Trinajstić information content (AvgIpc) is 3.52. The van der Waals surface area contributed by atoms with E-state index in [0.29, 0.717) is 43.1 Å². The minimum atomic E-state index is -1.19. The van der Waals surface area contributed by atoms with Crippen molar-refractivity contribution in [3.8, 4) is 11.5 Å². The topological polar surface area (TPSA) is 173 Å². The van der Waals surface area contributed by atoms with Crippen molar-refractivity contribution < 1.29 is 29.0 Å². The third-order valence-electron chi connectivity index (χ3n) is 7.97. The highest BCUT2D eigenvalue weighted by Crippen LogP contribution is 2.29. The van der Waals surface area contributed by atoms with Gasteiger partial charge in [0, 0.05) is 44.1 Å². The number of carbonyl (C=O) groups is 3. The highest BCUT2D eigenvalue weighted by molar-refractivity contribution is 5.99. The van der Waals surface area contributed by atoms with Crippen LogP contribution >= 0.6 is 0 Å². The number of aliphatic hydroxyl groups is 1. The Balaban J connectivity index is 1.56. The zero-order chi connectivity index (χ0) is 34.5. The van der Waals surface area contributed by atoms with Crippen LogP contribution in [0.5, 0.6) is 11.5 Å². The van der Waals surface area contributed by atoms with E-state index < -0.39 is 35.9 Å². The monoisotopic (exact) mass is 664 g/mol. The summed E-state index contributed by atoms with van der Waals surface area (Å²) in [4.78, 5) is 46.5. The van der Waals surface area contributed by atoms with Gasteiger partial charge in [-0.05, 0) is 74.9 Å². The first-order chi connectivity index (χ1) is 23.1. The first-order valence-electron chi connectivity index (χ1n) is 16.5. The lowest BCUT2D eigenvalue weighted by Gasteiger charge is -2.26. The number of amides is 3. The predicted octanol–water partition coefficient (Wildman–Crippen LogP) is 2.07. The molecule has 4 N–H and O–H groups in total. The Morgan fingerprint density at radius 1 is 1.04 bits per heavy atom. The molecule has 0 unspecified atom stereocenters. The van der Waals surface area contributed by atoms with Crippen molar-refractivity contribution in [1.29, 1.82) is 0 Å². The summed E-state index contributed by atoms with van der Waals surface area (Å²) in [6.45, 7) is 8.81. The van der Waals surface area contributed by atoms with Crippen LogP contribution in [0.1, 0.15) is 68.1 Å². The molecular weight excluding hydrogens is 616 g/mol. The maximum Gasteiger partial charge on any atom is 0.252 e. The number of nitrogens with zero attached hydrogens (tertiary/aromatic N) is 5. The minimum Gasteiger partial charge on any atom is -0.493 e. The summed E-state index contributed by atoms with van der Waals surface area (Å²) >= 11 is 0. The third kappa shape index (κ3) is 11.0. The third-order valence-corrected chi connectivity index (χ3v) is 7.97.